The van der Waals surface area contributed by atoms with E-state index in [4.69, 9.17) is 10.8 Å². The molecule has 24 heavy (non-hydrogen) atoms. The highest BCUT2D eigenvalue weighted by Crippen LogP contribution is 2.22. The molecule has 0 heterocycles. The Morgan fingerprint density at radius 3 is 2.50 bits per heavy atom. The first-order chi connectivity index (χ1) is 11.2. The van der Waals surface area contributed by atoms with Gasteiger partial charge in [0, 0.05) is 5.56 Å². The van der Waals surface area contributed by atoms with E-state index in [1.54, 1.807) is 12.1 Å². The first-order valence-corrected chi connectivity index (χ1v) is 7.59. The fraction of sp³-hybridized carbons (Fsp3) is 0.500. The van der Waals surface area contributed by atoms with Gasteiger partial charge in [-0.15, -0.1) is 10.1 Å². The van der Waals surface area contributed by atoms with Crippen molar-refractivity contribution in [2.45, 2.75) is 39.3 Å². The predicted octanol–water partition coefficient (Wildman–Crippen LogP) is 2.04. The van der Waals surface area contributed by atoms with Crippen LogP contribution in [0.1, 0.15) is 42.6 Å². The van der Waals surface area contributed by atoms with Crippen molar-refractivity contribution in [3.63, 3.8) is 0 Å². The summed E-state index contributed by atoms with van der Waals surface area (Å²) < 4.78 is 0. The molecule has 0 aliphatic carbocycles. The Hall–Kier alpha value is -2.48. The highest BCUT2D eigenvalue weighted by atomic mass is 16.9. The highest BCUT2D eigenvalue weighted by molar-refractivity contribution is 6.01. The number of carbonyl (C=O) groups is 2. The summed E-state index contributed by atoms with van der Waals surface area (Å²) in [6, 6.07) is 5.29. The van der Waals surface area contributed by atoms with Gasteiger partial charge in [0.05, 0.1) is 12.5 Å². The third kappa shape index (κ3) is 5.96. The van der Waals surface area contributed by atoms with E-state index in [1.165, 1.54) is 12.1 Å². The van der Waals surface area contributed by atoms with Gasteiger partial charge in [0.15, 0.2) is 5.78 Å². The molecule has 1 aromatic carbocycles. The fourth-order valence-corrected chi connectivity index (χ4v) is 2.59. The Morgan fingerprint density at radius 2 is 1.96 bits per heavy atom. The van der Waals surface area contributed by atoms with Gasteiger partial charge in [-0.05, 0) is 23.8 Å². The molecule has 0 bridgehead atoms. The number of aliphatic carboxylic acids is 1. The molecule has 0 radical (unpaired) electrons. The highest BCUT2D eigenvalue weighted by Gasteiger charge is 2.29. The standard InChI is InChI=1S/C16H22N2O6/c1-10(2)7-12(8-14(19)20)15(17)16(21)13-6-4-3-5-11(13)9-24-18(22)23/h3-6,10,12,15H,7-9,17H2,1-2H3,(H,19,20)/t12?,15-/m0/s1. The van der Waals surface area contributed by atoms with Crippen LogP contribution in [0, 0.1) is 22.0 Å². The second kappa shape index (κ2) is 8.97. The van der Waals surface area contributed by atoms with Crippen molar-refractivity contribution in [1.29, 1.82) is 0 Å². The predicted molar refractivity (Wildman–Crippen MR) is 85.7 cm³/mol. The molecule has 0 saturated heterocycles. The van der Waals surface area contributed by atoms with E-state index in [9.17, 15) is 19.7 Å². The number of hydrogen-bond acceptors (Lipinski definition) is 6. The fourth-order valence-electron chi connectivity index (χ4n) is 2.59. The number of benzene rings is 1. The van der Waals surface area contributed by atoms with E-state index in [-0.39, 0.29) is 24.5 Å². The van der Waals surface area contributed by atoms with Crippen LogP contribution in [0.25, 0.3) is 0 Å². The SMILES string of the molecule is CC(C)CC(CC(=O)O)[C@H](N)C(=O)c1ccccc1CO[N+](=O)[O-]. The summed E-state index contributed by atoms with van der Waals surface area (Å²) in [5.41, 5.74) is 6.58. The lowest BCUT2D eigenvalue weighted by Crippen LogP contribution is -2.40. The molecule has 1 aromatic rings. The summed E-state index contributed by atoms with van der Waals surface area (Å²) in [6.07, 6.45) is 0.283. The van der Waals surface area contributed by atoms with Gasteiger partial charge in [-0.2, -0.15) is 0 Å². The third-order valence-electron chi connectivity index (χ3n) is 3.63. The minimum Gasteiger partial charge on any atom is -0.481 e. The summed E-state index contributed by atoms with van der Waals surface area (Å²) in [4.78, 5) is 38.4. The maximum Gasteiger partial charge on any atom is 0.303 e. The number of carboxylic acids is 1. The molecule has 0 aromatic heterocycles. The first-order valence-electron chi connectivity index (χ1n) is 7.59. The molecule has 0 spiro atoms. The summed E-state index contributed by atoms with van der Waals surface area (Å²) in [5.74, 6) is -1.79. The van der Waals surface area contributed by atoms with Crippen molar-refractivity contribution in [1.82, 2.24) is 0 Å². The largest absolute Gasteiger partial charge is 0.481 e. The van der Waals surface area contributed by atoms with E-state index >= 15 is 0 Å². The molecule has 3 N–H and O–H groups in total. The molecule has 0 saturated carbocycles. The van der Waals surface area contributed by atoms with Crippen molar-refractivity contribution in [3.8, 4) is 0 Å². The summed E-state index contributed by atoms with van der Waals surface area (Å²) in [5, 5.41) is 18.4. The zero-order valence-electron chi connectivity index (χ0n) is 13.7. The van der Waals surface area contributed by atoms with Gasteiger partial charge in [0.2, 0.25) is 0 Å². The van der Waals surface area contributed by atoms with Gasteiger partial charge in [-0.25, -0.2) is 0 Å². The number of carboxylic acid groups (broad SMARTS) is 1. The van der Waals surface area contributed by atoms with E-state index in [0.29, 0.717) is 12.0 Å². The Morgan fingerprint density at radius 1 is 1.33 bits per heavy atom. The molecule has 0 aliphatic rings. The Balaban J connectivity index is 3.01. The van der Waals surface area contributed by atoms with Crippen molar-refractivity contribution in [2.75, 3.05) is 0 Å². The van der Waals surface area contributed by atoms with Crippen LogP contribution >= 0.6 is 0 Å². The second-order valence-corrected chi connectivity index (χ2v) is 6.03. The monoisotopic (exact) mass is 338 g/mol. The number of hydrogen-bond donors (Lipinski definition) is 2. The molecular formula is C16H22N2O6. The van der Waals surface area contributed by atoms with E-state index in [0.717, 1.165) is 0 Å². The molecule has 0 fully saturated rings. The van der Waals surface area contributed by atoms with Gasteiger partial charge in [0.1, 0.15) is 6.61 Å². The lowest BCUT2D eigenvalue weighted by atomic mass is 9.83. The average Bonchev–Trinajstić information content (AvgIpc) is 2.50. The average molecular weight is 338 g/mol. The Labute approximate surface area is 139 Å². The van der Waals surface area contributed by atoms with E-state index in [1.807, 2.05) is 13.8 Å². The van der Waals surface area contributed by atoms with Crippen molar-refractivity contribution < 1.29 is 24.6 Å². The van der Waals surface area contributed by atoms with Crippen LogP contribution in [0.4, 0.5) is 0 Å². The third-order valence-corrected chi connectivity index (χ3v) is 3.63. The molecule has 132 valence electrons. The van der Waals surface area contributed by atoms with Crippen LogP contribution in [-0.2, 0) is 16.2 Å². The molecule has 2 atom stereocenters. The van der Waals surface area contributed by atoms with E-state index in [2.05, 4.69) is 4.84 Å². The van der Waals surface area contributed by atoms with Crippen molar-refractivity contribution in [2.24, 2.45) is 17.6 Å². The minimum absolute atomic E-state index is 0.182. The van der Waals surface area contributed by atoms with Crippen LogP contribution in [0.2, 0.25) is 0 Å². The van der Waals surface area contributed by atoms with Crippen LogP contribution < -0.4 is 5.73 Å². The van der Waals surface area contributed by atoms with Crippen molar-refractivity contribution in [3.05, 3.63) is 45.5 Å². The topological polar surface area (TPSA) is 133 Å². The normalized spacial score (nSPS) is 13.3. The number of ketones is 1. The molecule has 1 rings (SSSR count). The first kappa shape index (κ1) is 19.6. The smallest absolute Gasteiger partial charge is 0.303 e. The quantitative estimate of drug-likeness (QED) is 0.379. The van der Waals surface area contributed by atoms with Crippen molar-refractivity contribution >= 4 is 11.8 Å². The van der Waals surface area contributed by atoms with Gasteiger partial charge in [0.25, 0.3) is 5.09 Å². The second-order valence-electron chi connectivity index (χ2n) is 6.03. The van der Waals surface area contributed by atoms with Crippen LogP contribution in [0.5, 0.6) is 0 Å². The van der Waals surface area contributed by atoms with E-state index < -0.39 is 28.8 Å². The molecule has 0 amide bonds. The molecule has 8 heteroatoms. The van der Waals surface area contributed by atoms with Crippen LogP contribution in [0.3, 0.4) is 0 Å². The Kier molecular flexibility index (Phi) is 7.31. The number of nitrogens with two attached hydrogens (primary N) is 1. The van der Waals surface area contributed by atoms with Crippen LogP contribution in [0.15, 0.2) is 24.3 Å². The van der Waals surface area contributed by atoms with Gasteiger partial charge >= 0.3 is 5.97 Å². The summed E-state index contributed by atoms with van der Waals surface area (Å²) in [6.45, 7) is 3.48. The number of rotatable bonds is 10. The summed E-state index contributed by atoms with van der Waals surface area (Å²) in [7, 11) is 0. The number of carbonyl (C=O) groups excluding carboxylic acids is 1. The lowest BCUT2D eigenvalue weighted by Gasteiger charge is -2.24. The Bertz CT molecular complexity index is 602. The zero-order chi connectivity index (χ0) is 18.3. The molecule has 0 aliphatic heterocycles. The lowest BCUT2D eigenvalue weighted by molar-refractivity contribution is -0.763. The van der Waals surface area contributed by atoms with Crippen LogP contribution in [-0.4, -0.2) is 28.0 Å². The van der Waals surface area contributed by atoms with Gasteiger partial charge < -0.3 is 15.7 Å². The zero-order valence-corrected chi connectivity index (χ0v) is 13.7. The maximum atomic E-state index is 12.7. The van der Waals surface area contributed by atoms with Gasteiger partial charge in [-0.3, -0.25) is 9.59 Å². The molecule has 8 nitrogen and oxygen atoms in total. The van der Waals surface area contributed by atoms with Gasteiger partial charge in [-0.1, -0.05) is 38.1 Å². The number of nitrogens with zero attached hydrogens (tertiary/aromatic N) is 1. The minimum atomic E-state index is -1.02. The maximum absolute atomic E-state index is 12.7. The number of Topliss-reactive ketones (excluding diaryl/α,β-unsaturated/α-hetero) is 1. The molecular weight excluding hydrogens is 316 g/mol. The summed E-state index contributed by atoms with van der Waals surface area (Å²) >= 11 is 0. The molecule has 1 unspecified atom stereocenters.